The van der Waals surface area contributed by atoms with Crippen molar-refractivity contribution in [2.45, 2.75) is 6.61 Å². The molecule has 1 N–H and O–H groups in total. The Morgan fingerprint density at radius 2 is 1.83 bits per heavy atom. The number of ether oxygens (including phenoxy) is 1. The molecule has 1 amide bonds. The fourth-order valence-corrected chi connectivity index (χ4v) is 4.54. The van der Waals surface area contributed by atoms with E-state index in [2.05, 4.69) is 4.99 Å². The number of hydrogen-bond acceptors (Lipinski definition) is 6. The van der Waals surface area contributed by atoms with Gasteiger partial charge in [0.15, 0.2) is 5.17 Å². The van der Waals surface area contributed by atoms with Crippen LogP contribution >= 0.6 is 11.8 Å². The lowest BCUT2D eigenvalue weighted by Gasteiger charge is -2.26. The van der Waals surface area contributed by atoms with Crippen molar-refractivity contribution in [3.8, 4) is 5.75 Å². The average molecular weight is 483 g/mol. The van der Waals surface area contributed by atoms with E-state index in [4.69, 9.17) is 10.1 Å². The largest absolute Gasteiger partial charge is 0.489 e. The molecular weight excluding hydrogens is 464 g/mol. The van der Waals surface area contributed by atoms with E-state index in [1.54, 1.807) is 41.3 Å². The molecule has 0 atom stereocenters. The molecule has 0 bridgehead atoms. The number of thioether (sulfide) groups is 1. The number of hydrogen-bond donors (Lipinski definition) is 1. The van der Waals surface area contributed by atoms with E-state index in [0.717, 1.165) is 16.8 Å². The monoisotopic (exact) mass is 482 g/mol. The number of benzene rings is 3. The molecule has 2 aliphatic rings. The summed E-state index contributed by atoms with van der Waals surface area (Å²) in [4.78, 5) is 29.0. The number of nitro benzene ring substituents is 1. The molecule has 0 radical (unpaired) electrons. The predicted octanol–water partition coefficient (Wildman–Crippen LogP) is 5.48. The van der Waals surface area contributed by atoms with E-state index in [-0.39, 0.29) is 23.7 Å². The van der Waals surface area contributed by atoms with E-state index >= 15 is 0 Å². The van der Waals surface area contributed by atoms with Crippen LogP contribution in [-0.2, 0) is 11.4 Å². The fourth-order valence-electron chi connectivity index (χ4n) is 3.66. The third-order valence-corrected chi connectivity index (χ3v) is 6.23. The Hall–Kier alpha value is -4.50. The van der Waals surface area contributed by atoms with Crippen LogP contribution in [0.1, 0.15) is 16.7 Å². The average Bonchev–Trinajstić information content (AvgIpc) is 3.30. The maximum absolute atomic E-state index is 12.7. The Morgan fingerprint density at radius 1 is 1.06 bits per heavy atom. The molecule has 0 unspecified atom stereocenters. The van der Waals surface area contributed by atoms with Gasteiger partial charge in [-0.05, 0) is 47.0 Å². The molecular formula is C26H18N4O4S. The van der Waals surface area contributed by atoms with Gasteiger partial charge in [-0.15, -0.1) is 0 Å². The zero-order valence-electron chi connectivity index (χ0n) is 18.3. The van der Waals surface area contributed by atoms with Crippen LogP contribution < -0.4 is 4.74 Å². The number of carbonyl (C=O) groups excluding carboxylic acids is 1. The van der Waals surface area contributed by atoms with Crippen LogP contribution in [0.4, 0.5) is 5.69 Å². The molecule has 0 saturated carbocycles. The number of nitro groups is 1. The van der Waals surface area contributed by atoms with E-state index in [9.17, 15) is 14.9 Å². The molecule has 35 heavy (non-hydrogen) atoms. The summed E-state index contributed by atoms with van der Waals surface area (Å²) in [5.74, 6) is 0.171. The lowest BCUT2D eigenvalue weighted by Crippen LogP contribution is -2.38. The van der Waals surface area contributed by atoms with E-state index in [1.165, 1.54) is 23.9 Å². The Kier molecular flexibility index (Phi) is 5.99. The lowest BCUT2D eigenvalue weighted by molar-refractivity contribution is -0.384. The Labute approximate surface area is 204 Å². The van der Waals surface area contributed by atoms with Crippen LogP contribution in [0.25, 0.3) is 11.8 Å². The van der Waals surface area contributed by atoms with Crippen molar-refractivity contribution in [3.63, 3.8) is 0 Å². The van der Waals surface area contributed by atoms with E-state index in [1.807, 2.05) is 41.8 Å². The number of nitrogens with zero attached hydrogens (tertiary/aromatic N) is 3. The highest BCUT2D eigenvalue weighted by molar-refractivity contribution is 8.17. The van der Waals surface area contributed by atoms with Gasteiger partial charge in [0.05, 0.1) is 16.2 Å². The third kappa shape index (κ3) is 4.62. The first-order valence-corrected chi connectivity index (χ1v) is 11.5. The van der Waals surface area contributed by atoms with Crippen molar-refractivity contribution in [2.75, 3.05) is 0 Å². The molecule has 0 spiro atoms. The molecule has 3 aromatic rings. The van der Waals surface area contributed by atoms with Crippen LogP contribution in [0.3, 0.4) is 0 Å². The number of non-ortho nitro benzene ring substituents is 1. The smallest absolute Gasteiger partial charge is 0.283 e. The molecule has 5 rings (SSSR count). The summed E-state index contributed by atoms with van der Waals surface area (Å²) in [7, 11) is 0. The molecule has 2 aliphatic heterocycles. The highest BCUT2D eigenvalue weighted by Gasteiger charge is 2.36. The van der Waals surface area contributed by atoms with E-state index < -0.39 is 10.8 Å². The first kappa shape index (κ1) is 22.3. The molecule has 2 heterocycles. The fraction of sp³-hybridized carbons (Fsp3) is 0.0385. The predicted molar refractivity (Wildman–Crippen MR) is 136 cm³/mol. The number of nitrogens with one attached hydrogen (secondary N) is 1. The summed E-state index contributed by atoms with van der Waals surface area (Å²) in [5, 5.41) is 21.9. The molecule has 3 aromatic carbocycles. The zero-order chi connectivity index (χ0) is 24.4. The SMILES string of the molecule is N=C1/C(=C/c2cccc(OCc3ccc([N+](=O)[O-])cc3)c2)C(=O)N=C2SC=C(c3ccccc3)N12. The van der Waals surface area contributed by atoms with Gasteiger partial charge in [-0.25, -0.2) is 0 Å². The second-order valence-corrected chi connectivity index (χ2v) is 8.55. The van der Waals surface area contributed by atoms with Gasteiger partial charge in [0.2, 0.25) is 0 Å². The second-order valence-electron chi connectivity index (χ2n) is 7.71. The summed E-state index contributed by atoms with van der Waals surface area (Å²) in [6, 6.07) is 23.0. The molecule has 9 heteroatoms. The summed E-state index contributed by atoms with van der Waals surface area (Å²) < 4.78 is 5.83. The number of rotatable bonds is 6. The van der Waals surface area contributed by atoms with Crippen molar-refractivity contribution in [2.24, 2.45) is 4.99 Å². The first-order chi connectivity index (χ1) is 17.0. The first-order valence-electron chi connectivity index (χ1n) is 10.6. The maximum atomic E-state index is 12.7. The van der Waals surface area contributed by atoms with Crippen LogP contribution in [-0.4, -0.2) is 26.7 Å². The van der Waals surface area contributed by atoms with Gasteiger partial charge in [0.1, 0.15) is 18.2 Å². The number of carbonyl (C=O) groups is 1. The molecule has 0 saturated heterocycles. The number of aliphatic imine (C=N–C) groups is 1. The van der Waals surface area contributed by atoms with Crippen molar-refractivity contribution >= 4 is 46.1 Å². The standard InChI is InChI=1S/C26H18N4O4S/c27-24-22(25(31)28-26-29(24)23(16-35-26)19-6-2-1-3-7-19)14-18-5-4-8-21(13-18)34-15-17-9-11-20(12-10-17)30(32)33/h1-14,16,27H,15H2/b22-14-,27-24?. The molecule has 8 nitrogen and oxygen atoms in total. The molecule has 0 aromatic heterocycles. The van der Waals surface area contributed by atoms with Gasteiger partial charge < -0.3 is 4.74 Å². The van der Waals surface area contributed by atoms with Crippen molar-refractivity contribution in [3.05, 3.63) is 117 Å². The zero-order valence-corrected chi connectivity index (χ0v) is 19.1. The highest BCUT2D eigenvalue weighted by Crippen LogP contribution is 2.37. The highest BCUT2D eigenvalue weighted by atomic mass is 32.2. The normalized spacial score (nSPS) is 16.1. The van der Waals surface area contributed by atoms with Crippen molar-refractivity contribution < 1.29 is 14.5 Å². The van der Waals surface area contributed by atoms with E-state index in [0.29, 0.717) is 16.5 Å². The van der Waals surface area contributed by atoms with Gasteiger partial charge in [-0.1, -0.05) is 54.2 Å². The second kappa shape index (κ2) is 9.40. The van der Waals surface area contributed by atoms with Gasteiger partial charge in [0, 0.05) is 17.5 Å². The minimum atomic E-state index is -0.464. The Bertz CT molecular complexity index is 1430. The number of amidine groups is 2. The minimum absolute atomic E-state index is 0.0226. The lowest BCUT2D eigenvalue weighted by atomic mass is 10.1. The number of fused-ring (bicyclic) bond motifs is 1. The molecule has 172 valence electrons. The van der Waals surface area contributed by atoms with Crippen LogP contribution in [0, 0.1) is 15.5 Å². The van der Waals surface area contributed by atoms with Gasteiger partial charge in [-0.3, -0.25) is 25.2 Å². The quantitative estimate of drug-likeness (QED) is 0.283. The Balaban J connectivity index is 1.35. The van der Waals surface area contributed by atoms with Crippen LogP contribution in [0.15, 0.2) is 94.8 Å². The van der Waals surface area contributed by atoms with Crippen LogP contribution in [0.5, 0.6) is 5.75 Å². The maximum Gasteiger partial charge on any atom is 0.283 e. The summed E-state index contributed by atoms with van der Waals surface area (Å²) >= 11 is 1.32. The van der Waals surface area contributed by atoms with Crippen molar-refractivity contribution in [1.82, 2.24) is 4.90 Å². The third-order valence-electron chi connectivity index (χ3n) is 5.41. The Morgan fingerprint density at radius 3 is 2.57 bits per heavy atom. The van der Waals surface area contributed by atoms with Crippen molar-refractivity contribution in [1.29, 1.82) is 5.41 Å². The minimum Gasteiger partial charge on any atom is -0.489 e. The van der Waals surface area contributed by atoms with Gasteiger partial charge in [-0.2, -0.15) is 4.99 Å². The summed E-state index contributed by atoms with van der Waals surface area (Å²) in [6.07, 6.45) is 1.63. The van der Waals surface area contributed by atoms with Gasteiger partial charge >= 0.3 is 0 Å². The summed E-state index contributed by atoms with van der Waals surface area (Å²) in [6.45, 7) is 0.233. The molecule has 0 fully saturated rings. The summed E-state index contributed by atoms with van der Waals surface area (Å²) in [5.41, 5.74) is 3.43. The number of amides is 1. The van der Waals surface area contributed by atoms with Gasteiger partial charge in [0.25, 0.3) is 11.6 Å². The molecule has 0 aliphatic carbocycles. The topological polar surface area (TPSA) is 109 Å². The van der Waals surface area contributed by atoms with Crippen LogP contribution in [0.2, 0.25) is 0 Å².